The lowest BCUT2D eigenvalue weighted by Gasteiger charge is -2.15. The molecular weight excluding hydrogens is 419 g/mol. The Morgan fingerprint density at radius 2 is 2.14 bits per heavy atom. The van der Waals surface area contributed by atoms with Crippen molar-refractivity contribution in [2.45, 2.75) is 32.4 Å². The quantitative estimate of drug-likeness (QED) is 0.320. The number of anilines is 1. The standard InChI is InChI=1S/C13H20ClIN4OSi/c1-16-10-9(15)12(14)18-13-11(10)17-7-19(13)8-20-5-6-21(2,3)4/h7H,5-6,8H2,1-4H3,(H,16,18). The van der Waals surface area contributed by atoms with Crippen LogP contribution in [0.15, 0.2) is 6.33 Å². The first kappa shape index (κ1) is 17.0. The second-order valence-electron chi connectivity index (χ2n) is 6.08. The summed E-state index contributed by atoms with van der Waals surface area (Å²) in [4.78, 5) is 8.84. The molecule has 0 radical (unpaired) electrons. The third kappa shape index (κ3) is 4.08. The third-order valence-corrected chi connectivity index (χ3v) is 6.48. The monoisotopic (exact) mass is 438 g/mol. The first-order valence-corrected chi connectivity index (χ1v) is 11.9. The van der Waals surface area contributed by atoms with Crippen molar-refractivity contribution in [1.82, 2.24) is 14.5 Å². The van der Waals surface area contributed by atoms with Crippen molar-refractivity contribution in [1.29, 1.82) is 0 Å². The Kier molecular flexibility index (Phi) is 5.50. The Balaban J connectivity index is 2.17. The van der Waals surface area contributed by atoms with Crippen molar-refractivity contribution in [2.75, 3.05) is 19.0 Å². The van der Waals surface area contributed by atoms with Gasteiger partial charge in [-0.15, -0.1) is 0 Å². The molecule has 21 heavy (non-hydrogen) atoms. The highest BCUT2D eigenvalue weighted by Gasteiger charge is 2.16. The number of hydrogen-bond acceptors (Lipinski definition) is 4. The molecule has 0 unspecified atom stereocenters. The molecule has 0 aliphatic carbocycles. The number of halogens is 2. The molecule has 1 N–H and O–H groups in total. The number of aromatic nitrogens is 3. The fourth-order valence-electron chi connectivity index (χ4n) is 1.88. The molecule has 116 valence electrons. The molecule has 0 atom stereocenters. The number of nitrogens with one attached hydrogen (secondary N) is 1. The highest BCUT2D eigenvalue weighted by atomic mass is 127. The van der Waals surface area contributed by atoms with Crippen molar-refractivity contribution in [2.24, 2.45) is 0 Å². The zero-order chi connectivity index (χ0) is 15.6. The summed E-state index contributed by atoms with van der Waals surface area (Å²) in [5.41, 5.74) is 2.48. The molecule has 2 heterocycles. The highest BCUT2D eigenvalue weighted by Crippen LogP contribution is 2.31. The summed E-state index contributed by atoms with van der Waals surface area (Å²) in [6, 6.07) is 1.15. The molecule has 2 aromatic rings. The van der Waals surface area contributed by atoms with Crippen molar-refractivity contribution in [3.63, 3.8) is 0 Å². The highest BCUT2D eigenvalue weighted by molar-refractivity contribution is 14.1. The molecule has 0 bridgehead atoms. The van der Waals surface area contributed by atoms with E-state index in [1.54, 1.807) is 6.33 Å². The van der Waals surface area contributed by atoms with E-state index in [9.17, 15) is 0 Å². The van der Waals surface area contributed by atoms with Crippen LogP contribution in [0.2, 0.25) is 30.8 Å². The smallest absolute Gasteiger partial charge is 0.165 e. The lowest BCUT2D eigenvalue weighted by atomic mass is 10.3. The second-order valence-corrected chi connectivity index (χ2v) is 13.1. The summed E-state index contributed by atoms with van der Waals surface area (Å²) < 4.78 is 8.53. The number of rotatable bonds is 6. The van der Waals surface area contributed by atoms with Gasteiger partial charge < -0.3 is 10.1 Å². The van der Waals surface area contributed by atoms with Gasteiger partial charge in [-0.25, -0.2) is 9.97 Å². The molecule has 0 aromatic carbocycles. The van der Waals surface area contributed by atoms with E-state index in [0.29, 0.717) is 11.9 Å². The number of nitrogens with zero attached hydrogens (tertiary/aromatic N) is 3. The summed E-state index contributed by atoms with van der Waals surface area (Å²) in [6.45, 7) is 8.24. The van der Waals surface area contributed by atoms with Crippen LogP contribution in [0.25, 0.3) is 11.2 Å². The average molecular weight is 439 g/mol. The lowest BCUT2D eigenvalue weighted by Crippen LogP contribution is -2.22. The van der Waals surface area contributed by atoms with Crippen LogP contribution in [0, 0.1) is 3.57 Å². The normalized spacial score (nSPS) is 12.1. The van der Waals surface area contributed by atoms with Gasteiger partial charge in [0.15, 0.2) is 5.65 Å². The molecule has 0 saturated carbocycles. The van der Waals surface area contributed by atoms with Crippen LogP contribution in [0.4, 0.5) is 5.69 Å². The predicted molar refractivity (Wildman–Crippen MR) is 98.9 cm³/mol. The number of imidazole rings is 1. The zero-order valence-corrected chi connectivity index (χ0v) is 16.6. The molecular formula is C13H20ClIN4OSi. The number of pyridine rings is 1. The van der Waals surface area contributed by atoms with Gasteiger partial charge in [0, 0.05) is 21.7 Å². The van der Waals surface area contributed by atoms with Crippen LogP contribution in [-0.2, 0) is 11.5 Å². The van der Waals surface area contributed by atoms with Gasteiger partial charge in [-0.3, -0.25) is 4.57 Å². The predicted octanol–water partition coefficient (Wildman–Crippen LogP) is 4.04. The Morgan fingerprint density at radius 3 is 2.76 bits per heavy atom. The first-order chi connectivity index (χ1) is 9.83. The van der Waals surface area contributed by atoms with Crippen LogP contribution in [0.5, 0.6) is 0 Å². The SMILES string of the molecule is CNc1c(I)c(Cl)nc2c1ncn2COCC[Si](C)(C)C. The summed E-state index contributed by atoms with van der Waals surface area (Å²) >= 11 is 8.36. The molecule has 0 spiro atoms. The topological polar surface area (TPSA) is 52.0 Å². The van der Waals surface area contributed by atoms with E-state index in [2.05, 4.69) is 57.5 Å². The van der Waals surface area contributed by atoms with Crippen LogP contribution in [0.1, 0.15) is 0 Å². The third-order valence-electron chi connectivity index (χ3n) is 3.13. The fraction of sp³-hybridized carbons (Fsp3) is 0.538. The van der Waals surface area contributed by atoms with E-state index < -0.39 is 8.07 Å². The molecule has 8 heteroatoms. The fourth-order valence-corrected chi connectivity index (χ4v) is 3.46. The molecule has 0 fully saturated rings. The van der Waals surface area contributed by atoms with Crippen LogP contribution < -0.4 is 5.32 Å². The van der Waals surface area contributed by atoms with Gasteiger partial charge in [0.1, 0.15) is 17.4 Å². The molecule has 2 aromatic heterocycles. The van der Waals surface area contributed by atoms with Crippen molar-refractivity contribution in [3.8, 4) is 0 Å². The molecule has 0 aliphatic heterocycles. The van der Waals surface area contributed by atoms with Crippen LogP contribution >= 0.6 is 34.2 Å². The van der Waals surface area contributed by atoms with E-state index in [1.807, 2.05) is 11.6 Å². The maximum absolute atomic E-state index is 6.19. The van der Waals surface area contributed by atoms with Gasteiger partial charge in [-0.2, -0.15) is 0 Å². The van der Waals surface area contributed by atoms with E-state index in [4.69, 9.17) is 16.3 Å². The molecule has 0 amide bonds. The summed E-state index contributed by atoms with van der Waals surface area (Å²) in [5, 5.41) is 3.62. The summed E-state index contributed by atoms with van der Waals surface area (Å²) in [5.74, 6) is 0. The maximum atomic E-state index is 6.19. The number of ether oxygens (including phenoxy) is 1. The first-order valence-electron chi connectivity index (χ1n) is 6.79. The average Bonchev–Trinajstić information content (AvgIpc) is 2.78. The van der Waals surface area contributed by atoms with Crippen LogP contribution in [-0.4, -0.2) is 36.3 Å². The Morgan fingerprint density at radius 1 is 1.43 bits per heavy atom. The second kappa shape index (κ2) is 6.80. The maximum Gasteiger partial charge on any atom is 0.165 e. The van der Waals surface area contributed by atoms with E-state index in [-0.39, 0.29) is 0 Å². The van der Waals surface area contributed by atoms with Gasteiger partial charge >= 0.3 is 0 Å². The minimum absolute atomic E-state index is 0.452. The van der Waals surface area contributed by atoms with E-state index in [1.165, 1.54) is 0 Å². The Labute approximate surface area is 144 Å². The zero-order valence-electron chi connectivity index (χ0n) is 12.7. The number of fused-ring (bicyclic) bond motifs is 1. The Hall–Kier alpha value is -0.383. The van der Waals surface area contributed by atoms with E-state index >= 15 is 0 Å². The molecule has 0 saturated heterocycles. The largest absolute Gasteiger partial charge is 0.385 e. The Bertz CT molecular complexity index is 641. The van der Waals surface area contributed by atoms with Gasteiger partial charge in [-0.1, -0.05) is 31.2 Å². The molecule has 0 aliphatic rings. The van der Waals surface area contributed by atoms with Gasteiger partial charge in [-0.05, 0) is 28.6 Å². The van der Waals surface area contributed by atoms with Crippen molar-refractivity contribution < 1.29 is 4.74 Å². The molecule has 5 nitrogen and oxygen atoms in total. The van der Waals surface area contributed by atoms with E-state index in [0.717, 1.165) is 33.1 Å². The van der Waals surface area contributed by atoms with Gasteiger partial charge in [0.05, 0.1) is 15.6 Å². The molecule has 2 rings (SSSR count). The summed E-state index contributed by atoms with van der Waals surface area (Å²) in [6.07, 6.45) is 1.75. The summed E-state index contributed by atoms with van der Waals surface area (Å²) in [7, 11) is 0.796. The van der Waals surface area contributed by atoms with Gasteiger partial charge in [0.2, 0.25) is 0 Å². The minimum Gasteiger partial charge on any atom is -0.385 e. The van der Waals surface area contributed by atoms with Gasteiger partial charge in [0.25, 0.3) is 0 Å². The number of hydrogen-bond donors (Lipinski definition) is 1. The lowest BCUT2D eigenvalue weighted by molar-refractivity contribution is 0.0895. The van der Waals surface area contributed by atoms with Crippen molar-refractivity contribution in [3.05, 3.63) is 15.1 Å². The van der Waals surface area contributed by atoms with Crippen molar-refractivity contribution >= 4 is 59.1 Å². The minimum atomic E-state index is -1.06. The van der Waals surface area contributed by atoms with Crippen LogP contribution in [0.3, 0.4) is 0 Å².